The van der Waals surface area contributed by atoms with E-state index in [0.29, 0.717) is 5.57 Å². The molecule has 206 valence electrons. The molecule has 44 heavy (non-hydrogen) atoms. The Bertz CT molecular complexity index is 2140. The molecule has 0 saturated heterocycles. The van der Waals surface area contributed by atoms with Gasteiger partial charge >= 0.3 is 0 Å². The molecule has 2 aliphatic rings. The molecule has 0 aromatic heterocycles. The number of nitriles is 1. The molecule has 0 aliphatic heterocycles. The second kappa shape index (κ2) is 9.94. The molecule has 0 radical (unpaired) electrons. The summed E-state index contributed by atoms with van der Waals surface area (Å²) in [6, 6.07) is 53.3. The highest BCUT2D eigenvalue weighted by Crippen LogP contribution is 2.63. The van der Waals surface area contributed by atoms with Gasteiger partial charge in [-0.3, -0.25) is 0 Å². The summed E-state index contributed by atoms with van der Waals surface area (Å²) in [6.45, 7) is 5.98. The van der Waals surface area contributed by atoms with E-state index in [4.69, 9.17) is 0 Å². The standard InChI is InChI=1S/C43H29N/c1-28(27-44)24-29(2)30-16-18-32(19-17-30)34-21-23-42-38(26-34)37-25-33(31-10-4-3-5-11-31)20-22-41(37)43(42)39-14-8-6-12-35(39)36-13-7-9-15-40(36)43/h3-26H,2H2,1H3/b28-24+. The maximum Gasteiger partial charge on any atom is 0.0944 e. The van der Waals surface area contributed by atoms with Crippen LogP contribution in [-0.4, -0.2) is 0 Å². The number of benzene rings is 6. The summed E-state index contributed by atoms with van der Waals surface area (Å²) < 4.78 is 0. The molecule has 0 atom stereocenters. The molecule has 1 heteroatoms. The van der Waals surface area contributed by atoms with Crippen molar-refractivity contribution in [1.29, 1.82) is 5.26 Å². The third-order valence-electron chi connectivity index (χ3n) is 9.35. The van der Waals surface area contributed by atoms with Gasteiger partial charge in [0.25, 0.3) is 0 Å². The van der Waals surface area contributed by atoms with E-state index in [9.17, 15) is 5.26 Å². The molecule has 6 aromatic carbocycles. The zero-order valence-corrected chi connectivity index (χ0v) is 24.5. The minimum atomic E-state index is -0.363. The first-order valence-corrected chi connectivity index (χ1v) is 15.0. The first kappa shape index (κ1) is 26.0. The number of nitrogens with zero attached hydrogens (tertiary/aromatic N) is 1. The molecule has 0 heterocycles. The SMILES string of the molecule is C=C(/C=C(\C)C#N)c1ccc(-c2ccc3c(c2)-c2cc(-c4ccccc4)ccc2C32c3ccccc3-c3ccccc32)cc1. The number of hydrogen-bond acceptors (Lipinski definition) is 1. The molecule has 0 unspecified atom stereocenters. The molecule has 8 rings (SSSR count). The van der Waals surface area contributed by atoms with Crippen LogP contribution in [0.15, 0.2) is 158 Å². The van der Waals surface area contributed by atoms with Crippen LogP contribution in [0.25, 0.3) is 50.1 Å². The van der Waals surface area contributed by atoms with Gasteiger partial charge in [-0.15, -0.1) is 0 Å². The van der Waals surface area contributed by atoms with E-state index in [2.05, 4.69) is 152 Å². The number of allylic oxidation sites excluding steroid dienone is 3. The zero-order valence-electron chi connectivity index (χ0n) is 24.5. The van der Waals surface area contributed by atoms with E-state index in [1.54, 1.807) is 6.92 Å². The van der Waals surface area contributed by atoms with Crippen LogP contribution in [0.2, 0.25) is 0 Å². The topological polar surface area (TPSA) is 23.8 Å². The Hall–Kier alpha value is -5.71. The van der Waals surface area contributed by atoms with Crippen LogP contribution in [0.4, 0.5) is 0 Å². The van der Waals surface area contributed by atoms with Gasteiger partial charge in [-0.2, -0.15) is 5.26 Å². The minimum Gasteiger partial charge on any atom is -0.193 e. The molecule has 1 spiro atoms. The lowest BCUT2D eigenvalue weighted by Crippen LogP contribution is -2.25. The van der Waals surface area contributed by atoms with Crippen LogP contribution in [0, 0.1) is 11.3 Å². The first-order chi connectivity index (χ1) is 21.6. The number of rotatable bonds is 4. The van der Waals surface area contributed by atoms with E-state index in [0.717, 1.165) is 16.7 Å². The van der Waals surface area contributed by atoms with Gasteiger partial charge in [-0.25, -0.2) is 0 Å². The van der Waals surface area contributed by atoms with Gasteiger partial charge in [0.15, 0.2) is 0 Å². The average molecular weight is 560 g/mol. The predicted octanol–water partition coefficient (Wildman–Crippen LogP) is 10.8. The lowest BCUT2D eigenvalue weighted by molar-refractivity contribution is 0.794. The second-order valence-corrected chi connectivity index (χ2v) is 11.8. The minimum absolute atomic E-state index is 0.363. The van der Waals surface area contributed by atoms with Crippen LogP contribution in [-0.2, 0) is 5.41 Å². The fourth-order valence-corrected chi connectivity index (χ4v) is 7.39. The molecule has 0 fully saturated rings. The second-order valence-electron chi connectivity index (χ2n) is 11.8. The molecule has 0 bridgehead atoms. The van der Waals surface area contributed by atoms with Gasteiger partial charge in [0, 0.05) is 5.57 Å². The van der Waals surface area contributed by atoms with E-state index in [1.807, 2.05) is 6.08 Å². The summed E-state index contributed by atoms with van der Waals surface area (Å²) in [7, 11) is 0. The maximum absolute atomic E-state index is 9.18. The van der Waals surface area contributed by atoms with Crippen molar-refractivity contribution in [3.63, 3.8) is 0 Å². The molecule has 6 aromatic rings. The summed E-state index contributed by atoms with van der Waals surface area (Å²) >= 11 is 0. The van der Waals surface area contributed by atoms with Gasteiger partial charge in [-0.1, -0.05) is 134 Å². The van der Waals surface area contributed by atoms with Crippen molar-refractivity contribution in [2.45, 2.75) is 12.3 Å². The summed E-state index contributed by atoms with van der Waals surface area (Å²) in [5.74, 6) is 0. The maximum atomic E-state index is 9.18. The van der Waals surface area contributed by atoms with Gasteiger partial charge in [0.05, 0.1) is 11.5 Å². The van der Waals surface area contributed by atoms with Gasteiger partial charge in [-0.05, 0) is 103 Å². The summed E-state index contributed by atoms with van der Waals surface area (Å²) in [4.78, 5) is 0. The van der Waals surface area contributed by atoms with Crippen molar-refractivity contribution in [3.05, 3.63) is 186 Å². The van der Waals surface area contributed by atoms with E-state index < -0.39 is 0 Å². The Morgan fingerprint density at radius 1 is 0.545 bits per heavy atom. The molecule has 0 saturated carbocycles. The Labute approximate surface area is 258 Å². The molecule has 0 N–H and O–H groups in total. The average Bonchev–Trinajstić information content (AvgIpc) is 3.55. The Balaban J connectivity index is 1.34. The van der Waals surface area contributed by atoms with Crippen LogP contribution in [0.3, 0.4) is 0 Å². The van der Waals surface area contributed by atoms with Crippen LogP contribution in [0.1, 0.15) is 34.7 Å². The zero-order chi connectivity index (χ0) is 29.8. The smallest absolute Gasteiger partial charge is 0.0944 e. The third kappa shape index (κ3) is 3.72. The van der Waals surface area contributed by atoms with Crippen molar-refractivity contribution in [1.82, 2.24) is 0 Å². The lowest BCUT2D eigenvalue weighted by Gasteiger charge is -2.30. The Morgan fingerprint density at radius 3 is 1.55 bits per heavy atom. The monoisotopic (exact) mass is 559 g/mol. The number of fused-ring (bicyclic) bond motifs is 10. The van der Waals surface area contributed by atoms with Gasteiger partial charge < -0.3 is 0 Å². The highest BCUT2D eigenvalue weighted by Gasteiger charge is 2.51. The first-order valence-electron chi connectivity index (χ1n) is 15.0. The van der Waals surface area contributed by atoms with Gasteiger partial charge in [0.1, 0.15) is 0 Å². The molecular weight excluding hydrogens is 530 g/mol. The Kier molecular flexibility index (Phi) is 5.86. The van der Waals surface area contributed by atoms with Crippen LogP contribution >= 0.6 is 0 Å². The summed E-state index contributed by atoms with van der Waals surface area (Å²) in [6.07, 6.45) is 1.84. The molecule has 1 nitrogen and oxygen atoms in total. The fourth-order valence-electron chi connectivity index (χ4n) is 7.39. The van der Waals surface area contributed by atoms with E-state index in [-0.39, 0.29) is 5.41 Å². The molecular formula is C43H29N. The molecule has 0 amide bonds. The number of hydrogen-bond donors (Lipinski definition) is 0. The van der Waals surface area contributed by atoms with Crippen molar-refractivity contribution in [3.8, 4) is 50.6 Å². The normalized spacial score (nSPS) is 13.5. The summed E-state index contributed by atoms with van der Waals surface area (Å²) in [5.41, 5.74) is 17.5. The van der Waals surface area contributed by atoms with Crippen LogP contribution in [0.5, 0.6) is 0 Å². The third-order valence-corrected chi connectivity index (χ3v) is 9.35. The van der Waals surface area contributed by atoms with Crippen LogP contribution < -0.4 is 0 Å². The highest BCUT2D eigenvalue weighted by atomic mass is 14.5. The van der Waals surface area contributed by atoms with Crippen molar-refractivity contribution in [2.24, 2.45) is 0 Å². The molecule has 2 aliphatic carbocycles. The van der Waals surface area contributed by atoms with Crippen molar-refractivity contribution >= 4 is 5.57 Å². The Morgan fingerprint density at radius 2 is 1.00 bits per heavy atom. The lowest BCUT2D eigenvalue weighted by atomic mass is 9.70. The predicted molar refractivity (Wildman–Crippen MR) is 182 cm³/mol. The quantitative estimate of drug-likeness (QED) is 0.155. The van der Waals surface area contributed by atoms with Crippen molar-refractivity contribution in [2.75, 3.05) is 0 Å². The summed E-state index contributed by atoms with van der Waals surface area (Å²) in [5, 5.41) is 9.18. The van der Waals surface area contributed by atoms with E-state index in [1.165, 1.54) is 61.2 Å². The fraction of sp³-hybridized carbons (Fsp3) is 0.0465. The highest BCUT2D eigenvalue weighted by molar-refractivity contribution is 5.97. The van der Waals surface area contributed by atoms with Gasteiger partial charge in [0.2, 0.25) is 0 Å². The largest absolute Gasteiger partial charge is 0.193 e. The van der Waals surface area contributed by atoms with Crippen molar-refractivity contribution < 1.29 is 0 Å². The van der Waals surface area contributed by atoms with E-state index >= 15 is 0 Å².